The van der Waals surface area contributed by atoms with Crippen LogP contribution < -0.4 is 26.4 Å². The van der Waals surface area contributed by atoms with E-state index in [0.29, 0.717) is 0 Å². The molecule has 0 saturated carbocycles. The van der Waals surface area contributed by atoms with Crippen molar-refractivity contribution in [2.75, 3.05) is 11.9 Å². The maximum atomic E-state index is 6.40. The van der Waals surface area contributed by atoms with Crippen molar-refractivity contribution in [1.29, 1.82) is 0 Å². The Bertz CT molecular complexity index is 1350. The van der Waals surface area contributed by atoms with Crippen LogP contribution in [-0.2, 0) is 6.54 Å². The topological polar surface area (TPSA) is 7.12 Å². The molecule has 0 saturated heterocycles. The Kier molecular flexibility index (Phi) is 7.12. The van der Waals surface area contributed by atoms with Crippen LogP contribution in [0.2, 0.25) is 5.02 Å². The molecule has 5 rings (SSSR count). The molecule has 0 atom stereocenters. The largest absolute Gasteiger partial charge is 1.00 e. The zero-order valence-corrected chi connectivity index (χ0v) is 20.7. The number of rotatable bonds is 5. The van der Waals surface area contributed by atoms with Crippen molar-refractivity contribution < 1.29 is 21.5 Å². The smallest absolute Gasteiger partial charge is 0.216 e. The third kappa shape index (κ3) is 4.95. The van der Waals surface area contributed by atoms with Gasteiger partial charge in [-0.2, -0.15) is 4.57 Å². The number of para-hydroxylation sites is 1. The lowest BCUT2D eigenvalue weighted by Crippen LogP contribution is -3.00. The van der Waals surface area contributed by atoms with Gasteiger partial charge in [-0.05, 0) is 35.4 Å². The molecule has 0 fully saturated rings. The molecule has 0 bridgehead atoms. The Labute approximate surface area is 210 Å². The van der Waals surface area contributed by atoms with Gasteiger partial charge in [-0.3, -0.25) is 0 Å². The number of hydrogen-bond acceptors (Lipinski definition) is 1. The van der Waals surface area contributed by atoms with Gasteiger partial charge >= 0.3 is 0 Å². The molecule has 0 aliphatic rings. The summed E-state index contributed by atoms with van der Waals surface area (Å²) in [5.74, 6) is 0. The highest BCUT2D eigenvalue weighted by Crippen LogP contribution is 2.31. The quantitative estimate of drug-likeness (QED) is 0.317. The van der Waals surface area contributed by atoms with Crippen molar-refractivity contribution in [3.63, 3.8) is 0 Å². The molecule has 2 nitrogen and oxygen atoms in total. The molecular weight excluding hydrogens is 492 g/mol. The zero-order valence-electron chi connectivity index (χ0n) is 18.3. The molecule has 0 N–H and O–H groups in total. The Morgan fingerprint density at radius 3 is 2.06 bits per heavy atom. The molecule has 0 spiro atoms. The molecule has 164 valence electrons. The van der Waals surface area contributed by atoms with Gasteiger partial charge in [-0.1, -0.05) is 84.4 Å². The number of hydrogen-bond donors (Lipinski definition) is 0. The normalized spacial score (nSPS) is 10.6. The molecule has 33 heavy (non-hydrogen) atoms. The summed E-state index contributed by atoms with van der Waals surface area (Å²) in [5.41, 5.74) is 7.13. The van der Waals surface area contributed by atoms with Gasteiger partial charge in [0.1, 0.15) is 0 Å². The van der Waals surface area contributed by atoms with Crippen molar-refractivity contribution in [2.24, 2.45) is 0 Å². The van der Waals surface area contributed by atoms with Crippen LogP contribution in [0, 0.1) is 0 Å². The molecule has 4 heteroatoms. The van der Waals surface area contributed by atoms with Crippen LogP contribution in [0.1, 0.15) is 5.56 Å². The minimum atomic E-state index is 0. The Balaban J connectivity index is 0.00000259. The average Bonchev–Trinajstić information content (AvgIpc) is 2.85. The molecule has 1 heterocycles. The third-order valence-corrected chi connectivity index (χ3v) is 6.11. The van der Waals surface area contributed by atoms with E-state index >= 15 is 0 Å². The van der Waals surface area contributed by atoms with E-state index in [9.17, 15) is 0 Å². The van der Waals surface area contributed by atoms with Gasteiger partial charge in [0.15, 0.2) is 12.7 Å². The fourth-order valence-electron chi connectivity index (χ4n) is 4.14. The minimum Gasteiger partial charge on any atom is -1.00 e. The molecule has 4 aromatic carbocycles. The molecule has 0 aliphatic heterocycles. The number of aromatic nitrogens is 1. The summed E-state index contributed by atoms with van der Waals surface area (Å²) in [7, 11) is 2.10. The average molecular weight is 516 g/mol. The number of halogens is 2. The van der Waals surface area contributed by atoms with Crippen LogP contribution in [-0.4, -0.2) is 7.05 Å². The maximum Gasteiger partial charge on any atom is 0.216 e. The van der Waals surface area contributed by atoms with Gasteiger partial charge < -0.3 is 21.9 Å². The van der Waals surface area contributed by atoms with Gasteiger partial charge in [0.2, 0.25) is 5.52 Å². The Hall–Kier alpha value is -3.14. The summed E-state index contributed by atoms with van der Waals surface area (Å²) in [6, 6.07) is 38.0. The van der Waals surface area contributed by atoms with Crippen molar-refractivity contribution in [3.05, 3.63) is 126 Å². The highest BCUT2D eigenvalue weighted by molar-refractivity contribution is 6.31. The standard InChI is InChI=1S/C29H24ClN2.BrH/c1-31(26-10-6-3-7-11-26)28-18-19-32(29-20-25(30)16-17-27(28)29)21-22-12-14-24(15-13-22)23-8-4-2-5-9-23;/h2-20H,21H2,1H3;1H/q+1;/p-1. The first-order chi connectivity index (χ1) is 15.7. The van der Waals surface area contributed by atoms with Gasteiger partial charge in [0.25, 0.3) is 0 Å². The number of pyridine rings is 1. The van der Waals surface area contributed by atoms with E-state index < -0.39 is 0 Å². The molecule has 0 amide bonds. The van der Waals surface area contributed by atoms with Gasteiger partial charge in [0, 0.05) is 35.5 Å². The highest BCUT2D eigenvalue weighted by Gasteiger charge is 2.17. The second kappa shape index (κ2) is 10.2. The fourth-order valence-corrected chi connectivity index (χ4v) is 4.31. The van der Waals surface area contributed by atoms with Crippen LogP contribution in [0.4, 0.5) is 11.4 Å². The lowest BCUT2D eigenvalue weighted by atomic mass is 10.0. The predicted molar refractivity (Wildman–Crippen MR) is 135 cm³/mol. The predicted octanol–water partition coefficient (Wildman–Crippen LogP) is 4.27. The number of benzene rings is 4. The summed E-state index contributed by atoms with van der Waals surface area (Å²) in [6.07, 6.45) is 2.15. The first-order valence-electron chi connectivity index (χ1n) is 10.7. The van der Waals surface area contributed by atoms with Crippen molar-refractivity contribution >= 4 is 33.9 Å². The summed E-state index contributed by atoms with van der Waals surface area (Å²) < 4.78 is 2.26. The van der Waals surface area contributed by atoms with Gasteiger partial charge in [-0.15, -0.1) is 0 Å². The first-order valence-corrected chi connectivity index (χ1v) is 11.1. The van der Waals surface area contributed by atoms with Crippen LogP contribution in [0.5, 0.6) is 0 Å². The summed E-state index contributed by atoms with van der Waals surface area (Å²) in [4.78, 5) is 2.22. The minimum absolute atomic E-state index is 0. The van der Waals surface area contributed by atoms with Crippen molar-refractivity contribution in [2.45, 2.75) is 6.54 Å². The molecular formula is C29H24BrClN2. The van der Waals surface area contributed by atoms with Gasteiger partial charge in [-0.25, -0.2) is 0 Å². The van der Waals surface area contributed by atoms with Gasteiger partial charge in [0.05, 0.1) is 11.1 Å². The van der Waals surface area contributed by atoms with Crippen molar-refractivity contribution in [3.8, 4) is 11.1 Å². The van der Waals surface area contributed by atoms with Crippen LogP contribution in [0.15, 0.2) is 115 Å². The lowest BCUT2D eigenvalue weighted by Gasteiger charge is -2.20. The highest BCUT2D eigenvalue weighted by atomic mass is 79.9. The second-order valence-electron chi connectivity index (χ2n) is 7.95. The molecule has 5 aromatic rings. The first kappa shape index (κ1) is 23.0. The molecule has 0 radical (unpaired) electrons. The van der Waals surface area contributed by atoms with Crippen molar-refractivity contribution in [1.82, 2.24) is 0 Å². The summed E-state index contributed by atoms with van der Waals surface area (Å²) in [6.45, 7) is 0.779. The molecule has 1 aromatic heterocycles. The SMILES string of the molecule is CN(c1ccccc1)c1cc[n+](Cc2ccc(-c3ccccc3)cc2)c2cc(Cl)ccc12.[Br-]. The number of nitrogens with zero attached hydrogens (tertiary/aromatic N) is 2. The van der Waals surface area contributed by atoms with Crippen LogP contribution >= 0.6 is 11.6 Å². The number of anilines is 2. The fraction of sp³-hybridized carbons (Fsp3) is 0.0690. The third-order valence-electron chi connectivity index (χ3n) is 5.88. The van der Waals surface area contributed by atoms with E-state index in [4.69, 9.17) is 11.6 Å². The second-order valence-corrected chi connectivity index (χ2v) is 8.38. The Morgan fingerprint density at radius 2 is 1.36 bits per heavy atom. The summed E-state index contributed by atoms with van der Waals surface area (Å²) >= 11 is 6.40. The monoisotopic (exact) mass is 514 g/mol. The van der Waals surface area contributed by atoms with E-state index in [0.717, 1.165) is 28.5 Å². The van der Waals surface area contributed by atoms with E-state index in [1.807, 2.05) is 18.2 Å². The summed E-state index contributed by atoms with van der Waals surface area (Å²) in [5, 5.41) is 1.91. The Morgan fingerprint density at radius 1 is 0.727 bits per heavy atom. The van der Waals surface area contributed by atoms with Crippen LogP contribution in [0.3, 0.4) is 0 Å². The van der Waals surface area contributed by atoms with Crippen LogP contribution in [0.25, 0.3) is 22.0 Å². The van der Waals surface area contributed by atoms with E-state index in [2.05, 4.69) is 114 Å². The zero-order chi connectivity index (χ0) is 21.9. The molecule has 0 unspecified atom stereocenters. The maximum absolute atomic E-state index is 6.40. The van der Waals surface area contributed by atoms with E-state index in [1.54, 1.807) is 0 Å². The molecule has 0 aliphatic carbocycles. The van der Waals surface area contributed by atoms with E-state index in [1.165, 1.54) is 22.1 Å². The number of fused-ring (bicyclic) bond motifs is 1. The lowest BCUT2D eigenvalue weighted by molar-refractivity contribution is -0.662. The van der Waals surface area contributed by atoms with E-state index in [-0.39, 0.29) is 17.0 Å².